The van der Waals surface area contributed by atoms with Crippen molar-refractivity contribution in [3.8, 4) is 0 Å². The van der Waals surface area contributed by atoms with Crippen molar-refractivity contribution in [3.05, 3.63) is 71.8 Å². The summed E-state index contributed by atoms with van der Waals surface area (Å²) in [5.41, 5.74) is 1.68. The molecular formula is C14H16O4P2S2. The second-order valence-corrected chi connectivity index (χ2v) is 11.6. The van der Waals surface area contributed by atoms with Crippen molar-refractivity contribution in [3.63, 3.8) is 0 Å². The highest BCUT2D eigenvalue weighted by atomic mass is 32.5. The Morgan fingerprint density at radius 3 is 1.32 bits per heavy atom. The first-order valence-electron chi connectivity index (χ1n) is 6.46. The molecule has 0 saturated carbocycles. The number of hydrogen-bond acceptors (Lipinski definition) is 4. The Kier molecular flexibility index (Phi) is 6.45. The van der Waals surface area contributed by atoms with Crippen molar-refractivity contribution < 1.29 is 19.1 Å². The van der Waals surface area contributed by atoms with Gasteiger partial charge in [-0.15, -0.1) is 0 Å². The van der Waals surface area contributed by atoms with E-state index in [0.29, 0.717) is 0 Å². The van der Waals surface area contributed by atoms with Crippen LogP contribution in [0.15, 0.2) is 60.7 Å². The predicted octanol–water partition coefficient (Wildman–Crippen LogP) is 3.94. The molecule has 0 saturated heterocycles. The molecule has 4 nitrogen and oxygen atoms in total. The zero-order valence-corrected chi connectivity index (χ0v) is 15.0. The van der Waals surface area contributed by atoms with Gasteiger partial charge in [-0.3, -0.25) is 0 Å². The lowest BCUT2D eigenvalue weighted by Crippen LogP contribution is -1.97. The van der Waals surface area contributed by atoms with Gasteiger partial charge in [0.1, 0.15) is 0 Å². The molecule has 8 heteroatoms. The molecule has 0 aliphatic rings. The van der Waals surface area contributed by atoms with Gasteiger partial charge in [0.15, 0.2) is 0 Å². The van der Waals surface area contributed by atoms with Crippen molar-refractivity contribution in [2.75, 3.05) is 0 Å². The van der Waals surface area contributed by atoms with Gasteiger partial charge in [0.25, 0.3) is 0 Å². The highest BCUT2D eigenvalue weighted by Gasteiger charge is 2.23. The van der Waals surface area contributed by atoms with Gasteiger partial charge in [-0.05, 0) is 34.7 Å². The lowest BCUT2D eigenvalue weighted by Gasteiger charge is -2.19. The van der Waals surface area contributed by atoms with Gasteiger partial charge in [0, 0.05) is 0 Å². The summed E-state index contributed by atoms with van der Waals surface area (Å²) in [6.45, 7) is -6.41. The third-order valence-electron chi connectivity index (χ3n) is 2.72. The fourth-order valence-electron chi connectivity index (χ4n) is 1.79. The van der Waals surface area contributed by atoms with Crippen molar-refractivity contribution in [2.24, 2.45) is 0 Å². The Bertz CT molecular complexity index is 633. The molecule has 2 atom stereocenters. The number of benzene rings is 2. The first-order valence-corrected chi connectivity index (χ1v) is 12.2. The van der Waals surface area contributed by atoms with E-state index in [-0.39, 0.29) is 12.3 Å². The zero-order chi connectivity index (χ0) is 16.1. The molecule has 2 rings (SSSR count). The van der Waals surface area contributed by atoms with E-state index in [4.69, 9.17) is 33.0 Å². The van der Waals surface area contributed by atoms with E-state index in [0.717, 1.165) is 11.1 Å². The maximum absolute atomic E-state index is 10.1. The number of hydrogen-bond donors (Lipinski definition) is 2. The summed E-state index contributed by atoms with van der Waals surface area (Å²) in [5, 5.41) is 0. The predicted molar refractivity (Wildman–Crippen MR) is 95.5 cm³/mol. The summed E-state index contributed by atoms with van der Waals surface area (Å²) in [7, 11) is 0. The van der Waals surface area contributed by atoms with E-state index >= 15 is 0 Å². The molecule has 0 radical (unpaired) electrons. The molecule has 0 amide bonds. The van der Waals surface area contributed by atoms with E-state index in [9.17, 15) is 9.79 Å². The molecule has 22 heavy (non-hydrogen) atoms. The molecule has 0 heterocycles. The second-order valence-electron chi connectivity index (χ2n) is 4.71. The summed E-state index contributed by atoms with van der Waals surface area (Å²) in [6.07, 6.45) is 0.313. The summed E-state index contributed by atoms with van der Waals surface area (Å²) in [4.78, 5) is 20.3. The van der Waals surface area contributed by atoms with Crippen molar-refractivity contribution in [1.29, 1.82) is 0 Å². The van der Waals surface area contributed by atoms with Gasteiger partial charge in [-0.1, -0.05) is 60.7 Å². The van der Waals surface area contributed by atoms with Crippen molar-refractivity contribution in [1.82, 2.24) is 0 Å². The van der Waals surface area contributed by atoms with Crippen LogP contribution in [0.5, 0.6) is 0 Å². The first-order chi connectivity index (χ1) is 10.4. The van der Waals surface area contributed by atoms with E-state index in [1.165, 1.54) is 0 Å². The largest absolute Gasteiger partial charge is 0.343 e. The molecule has 2 aromatic carbocycles. The first kappa shape index (κ1) is 17.9. The maximum atomic E-state index is 10.1. The van der Waals surface area contributed by atoms with Crippen LogP contribution in [0.1, 0.15) is 11.1 Å². The average molecular weight is 374 g/mol. The van der Waals surface area contributed by atoms with Gasteiger partial charge < -0.3 is 9.79 Å². The van der Waals surface area contributed by atoms with Crippen molar-refractivity contribution in [2.45, 2.75) is 12.3 Å². The Hall–Kier alpha value is -0.420. The standard InChI is InChI=1S/C14H16O4P2S2/c15-19(21,11-13-7-3-1-4-8-13)17-18-20(16,22)12-14-9-5-2-6-10-14/h1-10H,11-12H2,(H,15,21)(H,16,22). The van der Waals surface area contributed by atoms with Crippen LogP contribution in [0, 0.1) is 0 Å². The molecule has 0 bridgehead atoms. The van der Waals surface area contributed by atoms with Crippen molar-refractivity contribution >= 4 is 36.6 Å². The van der Waals surface area contributed by atoms with Crippen LogP contribution < -0.4 is 0 Å². The van der Waals surface area contributed by atoms with Crippen LogP contribution >= 0.6 is 13.0 Å². The molecule has 0 aliphatic carbocycles. The third-order valence-corrected chi connectivity index (χ3v) is 6.12. The van der Waals surface area contributed by atoms with Crippen LogP contribution in [-0.2, 0) is 45.3 Å². The fraction of sp³-hybridized carbons (Fsp3) is 0.143. The lowest BCUT2D eigenvalue weighted by molar-refractivity contribution is -0.0988. The van der Waals surface area contributed by atoms with Gasteiger partial charge in [0.05, 0.1) is 12.3 Å². The lowest BCUT2D eigenvalue weighted by atomic mass is 10.2. The topological polar surface area (TPSA) is 58.9 Å². The average Bonchev–Trinajstić information content (AvgIpc) is 2.47. The minimum Gasteiger partial charge on any atom is -0.343 e. The molecular weight excluding hydrogens is 358 g/mol. The van der Waals surface area contributed by atoms with E-state index in [1.807, 2.05) is 60.7 Å². The van der Waals surface area contributed by atoms with Gasteiger partial charge in [-0.2, -0.15) is 9.35 Å². The van der Waals surface area contributed by atoms with E-state index < -0.39 is 13.0 Å². The molecule has 0 aliphatic heterocycles. The van der Waals surface area contributed by atoms with Crippen LogP contribution in [0.3, 0.4) is 0 Å². The molecule has 0 fully saturated rings. The minimum absolute atomic E-state index is 0.157. The van der Waals surface area contributed by atoms with Gasteiger partial charge in [0.2, 0.25) is 13.0 Å². The third kappa shape index (κ3) is 6.37. The highest BCUT2D eigenvalue weighted by molar-refractivity contribution is 8.10. The van der Waals surface area contributed by atoms with Crippen LogP contribution in [0.4, 0.5) is 0 Å². The normalized spacial score (nSPS) is 16.6. The Labute approximate surface area is 140 Å². The Morgan fingerprint density at radius 2 is 1.00 bits per heavy atom. The van der Waals surface area contributed by atoms with Gasteiger partial charge in [-0.25, -0.2) is 0 Å². The van der Waals surface area contributed by atoms with E-state index in [2.05, 4.69) is 0 Å². The second kappa shape index (κ2) is 7.91. The molecule has 0 spiro atoms. The van der Waals surface area contributed by atoms with Crippen LogP contribution in [-0.4, -0.2) is 9.79 Å². The minimum atomic E-state index is -3.20. The smallest absolute Gasteiger partial charge is 0.225 e. The highest BCUT2D eigenvalue weighted by Crippen LogP contribution is 2.54. The van der Waals surface area contributed by atoms with Crippen LogP contribution in [0.25, 0.3) is 0 Å². The summed E-state index contributed by atoms with van der Waals surface area (Å²) >= 11 is 10.1. The van der Waals surface area contributed by atoms with Crippen LogP contribution in [0.2, 0.25) is 0 Å². The SMILES string of the molecule is OP(=S)(Cc1ccccc1)OOP(O)(=S)Cc1ccccc1. The molecule has 2 unspecified atom stereocenters. The summed E-state index contributed by atoms with van der Waals surface area (Å²) in [6, 6.07) is 18.5. The molecule has 2 N–H and O–H groups in total. The Balaban J connectivity index is 1.93. The Morgan fingerprint density at radius 1 is 0.682 bits per heavy atom. The molecule has 0 aromatic heterocycles. The monoisotopic (exact) mass is 374 g/mol. The summed E-state index contributed by atoms with van der Waals surface area (Å²) < 4.78 is 9.89. The fourth-order valence-corrected chi connectivity index (χ4v) is 5.45. The van der Waals surface area contributed by atoms with E-state index in [1.54, 1.807) is 0 Å². The number of rotatable bonds is 7. The quantitative estimate of drug-likeness (QED) is 0.435. The molecule has 2 aromatic rings. The maximum Gasteiger partial charge on any atom is 0.225 e. The molecule has 118 valence electrons. The van der Waals surface area contributed by atoms with Gasteiger partial charge >= 0.3 is 0 Å². The zero-order valence-electron chi connectivity index (χ0n) is 11.6. The summed E-state index contributed by atoms with van der Waals surface area (Å²) in [5.74, 6) is 0.